The fourth-order valence-electron chi connectivity index (χ4n) is 1.55. The number of hydrogen-bond donors (Lipinski definition) is 1. The highest BCUT2D eigenvalue weighted by Gasteiger charge is 2.20. The summed E-state index contributed by atoms with van der Waals surface area (Å²) in [6.45, 7) is -0.0839. The zero-order valence-corrected chi connectivity index (χ0v) is 9.77. The van der Waals surface area contributed by atoms with Crippen LogP contribution < -0.4 is 0 Å². The van der Waals surface area contributed by atoms with Crippen LogP contribution in [0.5, 0.6) is 5.75 Å². The van der Waals surface area contributed by atoms with Gasteiger partial charge in [0.2, 0.25) is 0 Å². The second kappa shape index (κ2) is 5.48. The Balaban J connectivity index is 2.13. The van der Waals surface area contributed by atoms with Crippen molar-refractivity contribution in [1.29, 1.82) is 0 Å². The van der Waals surface area contributed by atoms with Crippen LogP contribution in [0.15, 0.2) is 42.5 Å². The van der Waals surface area contributed by atoms with E-state index in [1.165, 1.54) is 0 Å². The monoisotopic (exact) mass is 264 g/mol. The fraction of sp³-hybridized carbons (Fsp3) is 0.0714. The van der Waals surface area contributed by atoms with Gasteiger partial charge in [0.25, 0.3) is 0 Å². The normalized spacial score (nSPS) is 10.2. The molecule has 5 heteroatoms. The Labute approximate surface area is 108 Å². The minimum absolute atomic E-state index is 0.0839. The number of rotatable bonds is 3. The largest absolute Gasteiger partial charge is 0.508 e. The van der Waals surface area contributed by atoms with Gasteiger partial charge in [-0.3, -0.25) is 0 Å². The Bertz CT molecular complexity index is 574. The Morgan fingerprint density at radius 3 is 2.26 bits per heavy atom. The second-order valence-electron chi connectivity index (χ2n) is 3.85. The standard InChI is InChI=1S/C14H10F2O3/c15-11-6-10(17)7-12(16)13(11)14(18)19-8-9-4-2-1-3-5-9/h1-7,17H,8H2. The van der Waals surface area contributed by atoms with E-state index in [-0.39, 0.29) is 6.61 Å². The van der Waals surface area contributed by atoms with E-state index < -0.39 is 28.9 Å². The molecule has 19 heavy (non-hydrogen) atoms. The Morgan fingerprint density at radius 2 is 1.68 bits per heavy atom. The number of carbonyl (C=O) groups excluding carboxylic acids is 1. The molecule has 2 aromatic carbocycles. The molecule has 0 saturated carbocycles. The first-order valence-electron chi connectivity index (χ1n) is 5.47. The molecule has 0 amide bonds. The third kappa shape index (κ3) is 3.07. The molecule has 0 spiro atoms. The molecule has 0 aliphatic rings. The van der Waals surface area contributed by atoms with Crippen LogP contribution in [0.2, 0.25) is 0 Å². The van der Waals surface area contributed by atoms with Crippen molar-refractivity contribution in [3.63, 3.8) is 0 Å². The van der Waals surface area contributed by atoms with E-state index in [0.717, 1.165) is 0 Å². The first-order valence-corrected chi connectivity index (χ1v) is 5.47. The lowest BCUT2D eigenvalue weighted by atomic mass is 10.2. The van der Waals surface area contributed by atoms with Gasteiger partial charge in [-0.05, 0) is 5.56 Å². The van der Waals surface area contributed by atoms with E-state index in [9.17, 15) is 13.6 Å². The van der Waals surface area contributed by atoms with E-state index in [4.69, 9.17) is 9.84 Å². The van der Waals surface area contributed by atoms with Crippen molar-refractivity contribution < 1.29 is 23.4 Å². The predicted octanol–water partition coefficient (Wildman–Crippen LogP) is 3.03. The van der Waals surface area contributed by atoms with Crippen molar-refractivity contribution in [2.24, 2.45) is 0 Å². The quantitative estimate of drug-likeness (QED) is 0.867. The Morgan fingerprint density at radius 1 is 1.11 bits per heavy atom. The lowest BCUT2D eigenvalue weighted by Gasteiger charge is -2.07. The maximum atomic E-state index is 13.4. The van der Waals surface area contributed by atoms with Crippen LogP contribution >= 0.6 is 0 Å². The summed E-state index contributed by atoms with van der Waals surface area (Å²) in [5.74, 6) is -4.01. The van der Waals surface area contributed by atoms with Gasteiger partial charge in [-0.25, -0.2) is 13.6 Å². The SMILES string of the molecule is O=C(OCc1ccccc1)c1c(F)cc(O)cc1F. The van der Waals surface area contributed by atoms with Gasteiger partial charge in [0, 0.05) is 12.1 Å². The number of benzene rings is 2. The van der Waals surface area contributed by atoms with Gasteiger partial charge in [0.1, 0.15) is 29.6 Å². The third-order valence-electron chi connectivity index (χ3n) is 2.44. The summed E-state index contributed by atoms with van der Waals surface area (Å²) >= 11 is 0. The molecule has 0 bridgehead atoms. The molecule has 3 nitrogen and oxygen atoms in total. The number of hydrogen-bond acceptors (Lipinski definition) is 3. The number of phenolic OH excluding ortho intramolecular Hbond substituents is 1. The van der Waals surface area contributed by atoms with Crippen molar-refractivity contribution in [2.45, 2.75) is 6.61 Å². The maximum Gasteiger partial charge on any atom is 0.344 e. The predicted molar refractivity (Wildman–Crippen MR) is 63.6 cm³/mol. The molecule has 0 heterocycles. The summed E-state index contributed by atoms with van der Waals surface area (Å²) in [6.07, 6.45) is 0. The van der Waals surface area contributed by atoms with Gasteiger partial charge < -0.3 is 9.84 Å². The number of ether oxygens (including phenoxy) is 1. The lowest BCUT2D eigenvalue weighted by molar-refractivity contribution is 0.0461. The fourth-order valence-corrected chi connectivity index (χ4v) is 1.55. The van der Waals surface area contributed by atoms with Gasteiger partial charge in [-0.2, -0.15) is 0 Å². The highest BCUT2D eigenvalue weighted by atomic mass is 19.1. The van der Waals surface area contributed by atoms with Gasteiger partial charge in [0.15, 0.2) is 0 Å². The van der Waals surface area contributed by atoms with Gasteiger partial charge >= 0.3 is 5.97 Å². The molecular weight excluding hydrogens is 254 g/mol. The molecule has 1 N–H and O–H groups in total. The Kier molecular flexibility index (Phi) is 3.75. The number of esters is 1. The van der Waals surface area contributed by atoms with Crippen LogP contribution in [-0.4, -0.2) is 11.1 Å². The molecule has 0 aromatic heterocycles. The van der Waals surface area contributed by atoms with Crippen molar-refractivity contribution >= 4 is 5.97 Å². The van der Waals surface area contributed by atoms with Gasteiger partial charge in [-0.1, -0.05) is 30.3 Å². The summed E-state index contributed by atoms with van der Waals surface area (Å²) in [6, 6.07) is 10.1. The van der Waals surface area contributed by atoms with Crippen LogP contribution in [0.3, 0.4) is 0 Å². The summed E-state index contributed by atoms with van der Waals surface area (Å²) in [5, 5.41) is 8.98. The maximum absolute atomic E-state index is 13.4. The molecule has 0 aliphatic heterocycles. The molecule has 0 saturated heterocycles. The average Bonchev–Trinajstić information content (AvgIpc) is 2.36. The first-order chi connectivity index (χ1) is 9.08. The van der Waals surface area contributed by atoms with Crippen LogP contribution in [0.25, 0.3) is 0 Å². The summed E-state index contributed by atoms with van der Waals surface area (Å²) in [7, 11) is 0. The van der Waals surface area contributed by atoms with Crippen molar-refractivity contribution in [1.82, 2.24) is 0 Å². The van der Waals surface area contributed by atoms with Crippen LogP contribution in [0.1, 0.15) is 15.9 Å². The number of aromatic hydroxyl groups is 1. The average molecular weight is 264 g/mol. The van der Waals surface area contributed by atoms with Gasteiger partial charge in [-0.15, -0.1) is 0 Å². The van der Waals surface area contributed by atoms with E-state index >= 15 is 0 Å². The minimum atomic E-state index is -1.16. The van der Waals surface area contributed by atoms with Crippen LogP contribution in [-0.2, 0) is 11.3 Å². The number of carbonyl (C=O) groups is 1. The molecule has 2 rings (SSSR count). The third-order valence-corrected chi connectivity index (χ3v) is 2.44. The zero-order valence-electron chi connectivity index (χ0n) is 9.77. The Hall–Kier alpha value is -2.43. The molecule has 0 fully saturated rings. The second-order valence-corrected chi connectivity index (χ2v) is 3.85. The van der Waals surface area contributed by atoms with Crippen LogP contribution in [0, 0.1) is 11.6 Å². The molecular formula is C14H10F2O3. The van der Waals surface area contributed by atoms with Gasteiger partial charge in [0.05, 0.1) is 0 Å². The molecule has 0 aliphatic carbocycles. The highest BCUT2D eigenvalue weighted by molar-refractivity contribution is 5.90. The topological polar surface area (TPSA) is 46.5 Å². The zero-order chi connectivity index (χ0) is 13.8. The molecule has 98 valence electrons. The molecule has 0 atom stereocenters. The van der Waals surface area contributed by atoms with Crippen molar-refractivity contribution in [3.8, 4) is 5.75 Å². The molecule has 2 aromatic rings. The molecule has 0 unspecified atom stereocenters. The summed E-state index contributed by atoms with van der Waals surface area (Å²) in [5.41, 5.74) is -0.107. The van der Waals surface area contributed by atoms with Crippen molar-refractivity contribution in [2.75, 3.05) is 0 Å². The van der Waals surface area contributed by atoms with E-state index in [0.29, 0.717) is 17.7 Å². The van der Waals surface area contributed by atoms with E-state index in [1.54, 1.807) is 30.3 Å². The summed E-state index contributed by atoms with van der Waals surface area (Å²) < 4.78 is 31.6. The first kappa shape index (κ1) is 13.0. The van der Waals surface area contributed by atoms with Crippen LogP contribution in [0.4, 0.5) is 8.78 Å². The van der Waals surface area contributed by atoms with Crippen molar-refractivity contribution in [3.05, 3.63) is 65.2 Å². The smallest absolute Gasteiger partial charge is 0.344 e. The lowest BCUT2D eigenvalue weighted by Crippen LogP contribution is -2.10. The minimum Gasteiger partial charge on any atom is -0.508 e. The molecule has 0 radical (unpaired) electrons. The summed E-state index contributed by atoms with van der Waals surface area (Å²) in [4.78, 5) is 11.6. The highest BCUT2D eigenvalue weighted by Crippen LogP contribution is 2.20. The van der Waals surface area contributed by atoms with E-state index in [2.05, 4.69) is 0 Å². The number of phenols is 1. The number of halogens is 2. The van der Waals surface area contributed by atoms with E-state index in [1.807, 2.05) is 0 Å².